The lowest BCUT2D eigenvalue weighted by Gasteiger charge is -2.32. The third-order valence-corrected chi connectivity index (χ3v) is 3.13. The maximum atomic E-state index is 11.2. The molecule has 0 spiro atoms. The van der Waals surface area contributed by atoms with E-state index in [1.165, 1.54) is 5.56 Å². The fourth-order valence-electron chi connectivity index (χ4n) is 1.81. The fourth-order valence-corrected chi connectivity index (χ4v) is 1.81. The van der Waals surface area contributed by atoms with Crippen LogP contribution in [0, 0.1) is 0 Å². The Morgan fingerprint density at radius 1 is 1.35 bits per heavy atom. The van der Waals surface area contributed by atoms with Gasteiger partial charge >= 0.3 is 6.09 Å². The Balaban J connectivity index is 2.05. The summed E-state index contributed by atoms with van der Waals surface area (Å²) in [5.74, 6) is 0. The van der Waals surface area contributed by atoms with E-state index in [4.69, 9.17) is 4.74 Å². The predicted octanol–water partition coefficient (Wildman–Crippen LogP) is 2.49. The van der Waals surface area contributed by atoms with Crippen LogP contribution < -0.4 is 5.43 Å². The summed E-state index contributed by atoms with van der Waals surface area (Å²) in [5, 5.41) is 3.97. The molecular formula is C13H16N2O2. The molecule has 0 radical (unpaired) electrons. The minimum Gasteiger partial charge on any atom is -0.436 e. The summed E-state index contributed by atoms with van der Waals surface area (Å²) in [5.41, 5.74) is 3.74. The molecule has 1 atom stereocenters. The number of nitrogens with one attached hydrogen (secondary N) is 1. The van der Waals surface area contributed by atoms with Crippen molar-refractivity contribution in [1.82, 2.24) is 5.43 Å². The third kappa shape index (κ3) is 2.64. The molecule has 0 aromatic heterocycles. The van der Waals surface area contributed by atoms with E-state index >= 15 is 0 Å². The quantitative estimate of drug-likeness (QED) is 0.870. The van der Waals surface area contributed by atoms with Crippen LogP contribution in [0.4, 0.5) is 4.79 Å². The Kier molecular flexibility index (Phi) is 3.13. The lowest BCUT2D eigenvalue weighted by molar-refractivity contribution is 0.0588. The predicted molar refractivity (Wildman–Crippen MR) is 65.9 cm³/mol. The molecule has 0 bridgehead atoms. The molecular weight excluding hydrogens is 216 g/mol. The van der Waals surface area contributed by atoms with Gasteiger partial charge in [0.05, 0.1) is 5.71 Å². The first kappa shape index (κ1) is 11.6. The maximum Gasteiger partial charge on any atom is 0.428 e. The number of benzene rings is 1. The van der Waals surface area contributed by atoms with Crippen molar-refractivity contribution in [3.8, 4) is 0 Å². The largest absolute Gasteiger partial charge is 0.436 e. The molecule has 4 nitrogen and oxygen atoms in total. The summed E-state index contributed by atoms with van der Waals surface area (Å²) in [7, 11) is 0. The number of hydrazone groups is 1. The highest BCUT2D eigenvalue weighted by Gasteiger charge is 2.35. The van der Waals surface area contributed by atoms with Crippen molar-refractivity contribution in [3.05, 3.63) is 35.9 Å². The lowest BCUT2D eigenvalue weighted by atomic mass is 9.92. The molecule has 17 heavy (non-hydrogen) atoms. The number of ether oxygens (including phenoxy) is 1. The number of rotatable bonds is 3. The van der Waals surface area contributed by atoms with Crippen LogP contribution in [0.3, 0.4) is 0 Å². The summed E-state index contributed by atoms with van der Waals surface area (Å²) in [6.07, 6.45) is 1.11. The summed E-state index contributed by atoms with van der Waals surface area (Å²) in [4.78, 5) is 11.2. The van der Waals surface area contributed by atoms with E-state index in [0.717, 1.165) is 18.6 Å². The molecule has 4 heteroatoms. The van der Waals surface area contributed by atoms with Crippen LogP contribution in [-0.4, -0.2) is 17.4 Å². The zero-order valence-corrected chi connectivity index (χ0v) is 10.1. The first-order valence-electron chi connectivity index (χ1n) is 5.68. The van der Waals surface area contributed by atoms with Crippen molar-refractivity contribution in [2.24, 2.45) is 5.10 Å². The number of aryl methyl sites for hydroxylation is 1. The molecule has 0 fully saturated rings. The Labute approximate surface area is 101 Å². The molecule has 0 unspecified atom stereocenters. The first-order valence-corrected chi connectivity index (χ1v) is 5.68. The van der Waals surface area contributed by atoms with Crippen molar-refractivity contribution >= 4 is 11.8 Å². The molecule has 1 aromatic carbocycles. The second-order valence-electron chi connectivity index (χ2n) is 4.41. The number of nitrogens with zero attached hydrogens (tertiary/aromatic N) is 1. The van der Waals surface area contributed by atoms with Crippen molar-refractivity contribution < 1.29 is 9.53 Å². The van der Waals surface area contributed by atoms with Gasteiger partial charge in [0.15, 0.2) is 5.60 Å². The van der Waals surface area contributed by atoms with Crippen LogP contribution in [0.15, 0.2) is 35.4 Å². The van der Waals surface area contributed by atoms with Gasteiger partial charge in [0.2, 0.25) is 0 Å². The molecule has 1 aliphatic rings. The van der Waals surface area contributed by atoms with E-state index in [-0.39, 0.29) is 0 Å². The third-order valence-electron chi connectivity index (χ3n) is 3.13. The van der Waals surface area contributed by atoms with Crippen molar-refractivity contribution in [1.29, 1.82) is 0 Å². The van der Waals surface area contributed by atoms with E-state index < -0.39 is 11.7 Å². The van der Waals surface area contributed by atoms with Gasteiger partial charge in [-0.05, 0) is 32.3 Å². The van der Waals surface area contributed by atoms with Crippen LogP contribution in [0.2, 0.25) is 0 Å². The van der Waals surface area contributed by atoms with Crippen LogP contribution >= 0.6 is 0 Å². The van der Waals surface area contributed by atoms with Crippen molar-refractivity contribution in [2.45, 2.75) is 32.3 Å². The molecule has 1 aliphatic heterocycles. The number of cyclic esters (lactones) is 1. The van der Waals surface area contributed by atoms with Gasteiger partial charge in [0.1, 0.15) is 0 Å². The van der Waals surface area contributed by atoms with E-state index in [9.17, 15) is 4.79 Å². The molecule has 1 amide bonds. The van der Waals surface area contributed by atoms with Crippen LogP contribution in [0.25, 0.3) is 0 Å². The average molecular weight is 232 g/mol. The topological polar surface area (TPSA) is 50.7 Å². The van der Waals surface area contributed by atoms with Gasteiger partial charge in [-0.2, -0.15) is 5.10 Å². The fraction of sp³-hybridized carbons (Fsp3) is 0.385. The van der Waals surface area contributed by atoms with Gasteiger partial charge in [-0.3, -0.25) is 0 Å². The lowest BCUT2D eigenvalue weighted by Crippen LogP contribution is -2.46. The Hall–Kier alpha value is -1.84. The summed E-state index contributed by atoms with van der Waals surface area (Å²) >= 11 is 0. The standard InChI is InChI=1S/C13H16N2O2/c1-10-13(2,17-12(16)15-14-10)9-8-11-6-4-3-5-7-11/h3-7H,8-9H2,1-2H3,(H,15,16)/t13-/m0/s1. The van der Waals surface area contributed by atoms with E-state index in [1.807, 2.05) is 32.0 Å². The van der Waals surface area contributed by atoms with Gasteiger partial charge in [-0.15, -0.1) is 0 Å². The highest BCUT2D eigenvalue weighted by molar-refractivity contribution is 5.94. The Bertz CT molecular complexity index is 442. The van der Waals surface area contributed by atoms with Crippen LogP contribution in [0.5, 0.6) is 0 Å². The molecule has 0 saturated heterocycles. The van der Waals surface area contributed by atoms with Gasteiger partial charge in [-0.25, -0.2) is 10.2 Å². The molecule has 0 saturated carbocycles. The first-order chi connectivity index (χ1) is 8.10. The summed E-state index contributed by atoms with van der Waals surface area (Å²) in [6.45, 7) is 3.76. The number of hydrogen-bond donors (Lipinski definition) is 1. The molecule has 0 aliphatic carbocycles. The SMILES string of the molecule is CC1=NNC(=O)O[C@@]1(C)CCc1ccccc1. The van der Waals surface area contributed by atoms with Crippen LogP contribution in [0.1, 0.15) is 25.8 Å². The highest BCUT2D eigenvalue weighted by Crippen LogP contribution is 2.23. The molecule has 90 valence electrons. The highest BCUT2D eigenvalue weighted by atomic mass is 16.6. The monoisotopic (exact) mass is 232 g/mol. The minimum atomic E-state index is -0.599. The Morgan fingerprint density at radius 2 is 2.06 bits per heavy atom. The second kappa shape index (κ2) is 4.57. The number of hydrogen-bond acceptors (Lipinski definition) is 3. The van der Waals surface area contributed by atoms with Gasteiger partial charge in [0.25, 0.3) is 0 Å². The van der Waals surface area contributed by atoms with Gasteiger partial charge in [-0.1, -0.05) is 30.3 Å². The Morgan fingerprint density at radius 3 is 2.76 bits per heavy atom. The summed E-state index contributed by atoms with van der Waals surface area (Å²) < 4.78 is 5.33. The van der Waals surface area contributed by atoms with Crippen LogP contribution in [-0.2, 0) is 11.2 Å². The molecule has 2 rings (SSSR count). The molecule has 1 heterocycles. The summed E-state index contributed by atoms with van der Waals surface area (Å²) in [6, 6.07) is 10.1. The number of carbonyl (C=O) groups excluding carboxylic acids is 1. The maximum absolute atomic E-state index is 11.2. The van der Waals surface area contributed by atoms with Gasteiger partial charge < -0.3 is 4.74 Å². The number of carbonyl (C=O) groups is 1. The molecule has 1 N–H and O–H groups in total. The second-order valence-corrected chi connectivity index (χ2v) is 4.41. The minimum absolute atomic E-state index is 0.480. The number of amides is 1. The van der Waals surface area contributed by atoms with E-state index in [2.05, 4.69) is 22.7 Å². The van der Waals surface area contributed by atoms with E-state index in [0.29, 0.717) is 0 Å². The smallest absolute Gasteiger partial charge is 0.428 e. The zero-order valence-electron chi connectivity index (χ0n) is 10.1. The molecule has 1 aromatic rings. The van der Waals surface area contributed by atoms with Gasteiger partial charge in [0, 0.05) is 0 Å². The van der Waals surface area contributed by atoms with E-state index in [1.54, 1.807) is 0 Å². The average Bonchev–Trinajstić information content (AvgIpc) is 2.33. The van der Waals surface area contributed by atoms with Crippen molar-refractivity contribution in [3.63, 3.8) is 0 Å². The zero-order chi connectivity index (χ0) is 12.3. The normalized spacial score (nSPS) is 23.6. The van der Waals surface area contributed by atoms with Crippen molar-refractivity contribution in [2.75, 3.05) is 0 Å².